The third-order valence-corrected chi connectivity index (χ3v) is 4.07. The summed E-state index contributed by atoms with van der Waals surface area (Å²) in [6.07, 6.45) is 0. The van der Waals surface area contributed by atoms with Crippen molar-refractivity contribution >= 4 is 43.5 Å². The monoisotopic (exact) mass is 378 g/mol. The third-order valence-electron chi connectivity index (χ3n) is 2.50. The van der Waals surface area contributed by atoms with Gasteiger partial charge >= 0.3 is 0 Å². The topological polar surface area (TPSA) is 26.9 Å². The van der Waals surface area contributed by atoms with E-state index in [1.54, 1.807) is 21.5 Å². The lowest BCUT2D eigenvalue weighted by Crippen LogP contribution is -2.19. The molecule has 0 aliphatic carbocycles. The standard InChI is InChI=1S/C11H9Br2ClN2O/c1-15-9(6-12)10(13)11(17)16(15)8-4-2-3-7(14)5-8/h2-5H,6H2,1H3. The maximum absolute atomic E-state index is 12.1. The van der Waals surface area contributed by atoms with E-state index in [4.69, 9.17) is 11.6 Å². The molecule has 0 unspecified atom stereocenters. The first kappa shape index (κ1) is 12.9. The maximum atomic E-state index is 12.1. The maximum Gasteiger partial charge on any atom is 0.286 e. The van der Waals surface area contributed by atoms with E-state index < -0.39 is 0 Å². The Morgan fingerprint density at radius 1 is 1.41 bits per heavy atom. The Morgan fingerprint density at radius 2 is 2.12 bits per heavy atom. The molecule has 1 heterocycles. The fourth-order valence-electron chi connectivity index (χ4n) is 1.66. The third kappa shape index (κ3) is 2.23. The van der Waals surface area contributed by atoms with Crippen molar-refractivity contribution in [3.05, 3.63) is 49.8 Å². The zero-order valence-corrected chi connectivity index (χ0v) is 12.9. The van der Waals surface area contributed by atoms with Gasteiger partial charge in [-0.2, -0.15) is 0 Å². The summed E-state index contributed by atoms with van der Waals surface area (Å²) in [6, 6.07) is 7.20. The molecule has 1 aromatic carbocycles. The molecule has 0 atom stereocenters. The Balaban J connectivity index is 2.72. The van der Waals surface area contributed by atoms with E-state index in [9.17, 15) is 4.79 Å². The zero-order valence-electron chi connectivity index (χ0n) is 8.95. The van der Waals surface area contributed by atoms with Gasteiger partial charge in [0.05, 0.1) is 11.4 Å². The first-order valence-corrected chi connectivity index (χ1v) is 7.13. The van der Waals surface area contributed by atoms with Gasteiger partial charge in [0.15, 0.2) is 0 Å². The molecule has 0 amide bonds. The molecule has 0 N–H and O–H groups in total. The van der Waals surface area contributed by atoms with Gasteiger partial charge in [0.25, 0.3) is 5.56 Å². The van der Waals surface area contributed by atoms with Crippen molar-refractivity contribution in [3.8, 4) is 5.69 Å². The van der Waals surface area contributed by atoms with E-state index in [2.05, 4.69) is 31.9 Å². The highest BCUT2D eigenvalue weighted by molar-refractivity contribution is 9.10. The average Bonchev–Trinajstić information content (AvgIpc) is 2.50. The highest BCUT2D eigenvalue weighted by Crippen LogP contribution is 2.19. The summed E-state index contributed by atoms with van der Waals surface area (Å²) < 4.78 is 3.94. The molecule has 0 aliphatic rings. The molecule has 2 aromatic rings. The molecule has 0 fully saturated rings. The number of hydrogen-bond acceptors (Lipinski definition) is 1. The Morgan fingerprint density at radius 3 is 2.65 bits per heavy atom. The number of rotatable bonds is 2. The second kappa shape index (κ2) is 5.00. The van der Waals surface area contributed by atoms with Crippen LogP contribution in [0.3, 0.4) is 0 Å². The van der Waals surface area contributed by atoms with Crippen LogP contribution in [0.25, 0.3) is 5.69 Å². The van der Waals surface area contributed by atoms with Crippen molar-refractivity contribution in [2.75, 3.05) is 0 Å². The van der Waals surface area contributed by atoms with Crippen LogP contribution in [0.1, 0.15) is 5.69 Å². The lowest BCUT2D eigenvalue weighted by molar-refractivity contribution is 0.628. The molecule has 2 rings (SSSR count). The van der Waals surface area contributed by atoms with E-state index in [1.807, 2.05) is 19.2 Å². The second-order valence-corrected chi connectivity index (χ2v) is 5.30. The minimum absolute atomic E-state index is 0.0933. The molecule has 90 valence electrons. The second-order valence-electron chi connectivity index (χ2n) is 3.51. The summed E-state index contributed by atoms with van der Waals surface area (Å²) in [5.74, 6) is 0. The van der Waals surface area contributed by atoms with Gasteiger partial charge in [0.1, 0.15) is 4.47 Å². The van der Waals surface area contributed by atoms with Crippen LogP contribution in [0.4, 0.5) is 0 Å². The normalized spacial score (nSPS) is 10.8. The molecule has 0 saturated heterocycles. The smallest absolute Gasteiger partial charge is 0.283 e. The molecule has 0 radical (unpaired) electrons. The molecule has 0 aliphatic heterocycles. The van der Waals surface area contributed by atoms with E-state index in [-0.39, 0.29) is 5.56 Å². The fourth-order valence-corrected chi connectivity index (χ4v) is 3.43. The lowest BCUT2D eigenvalue weighted by Gasteiger charge is -2.08. The van der Waals surface area contributed by atoms with Gasteiger partial charge in [-0.25, -0.2) is 4.68 Å². The quantitative estimate of drug-likeness (QED) is 0.733. The van der Waals surface area contributed by atoms with Crippen LogP contribution in [0, 0.1) is 0 Å². The summed E-state index contributed by atoms with van der Waals surface area (Å²) >= 11 is 12.6. The highest BCUT2D eigenvalue weighted by Gasteiger charge is 2.15. The molecule has 0 spiro atoms. The van der Waals surface area contributed by atoms with Gasteiger partial charge in [0.2, 0.25) is 0 Å². The molecule has 0 saturated carbocycles. The van der Waals surface area contributed by atoms with E-state index in [1.165, 1.54) is 0 Å². The van der Waals surface area contributed by atoms with Crippen LogP contribution in [0.5, 0.6) is 0 Å². The predicted octanol–water partition coefficient (Wildman–Crippen LogP) is 3.49. The van der Waals surface area contributed by atoms with Crippen molar-refractivity contribution in [2.24, 2.45) is 7.05 Å². The highest BCUT2D eigenvalue weighted by atomic mass is 79.9. The Labute approximate surface area is 120 Å². The van der Waals surface area contributed by atoms with Gasteiger partial charge in [0, 0.05) is 17.4 Å². The number of aromatic nitrogens is 2. The van der Waals surface area contributed by atoms with Crippen molar-refractivity contribution < 1.29 is 0 Å². The number of hydrogen-bond donors (Lipinski definition) is 0. The molecule has 1 aromatic heterocycles. The number of benzene rings is 1. The van der Waals surface area contributed by atoms with E-state index in [0.29, 0.717) is 14.8 Å². The van der Waals surface area contributed by atoms with Gasteiger partial charge in [-0.15, -0.1) is 0 Å². The average molecular weight is 380 g/mol. The molecular weight excluding hydrogens is 371 g/mol. The van der Waals surface area contributed by atoms with Crippen LogP contribution in [-0.2, 0) is 12.4 Å². The predicted molar refractivity (Wildman–Crippen MR) is 76.4 cm³/mol. The largest absolute Gasteiger partial charge is 0.286 e. The zero-order chi connectivity index (χ0) is 12.6. The Bertz CT molecular complexity index is 618. The van der Waals surface area contributed by atoms with Crippen LogP contribution in [0.15, 0.2) is 33.5 Å². The molecule has 17 heavy (non-hydrogen) atoms. The first-order valence-electron chi connectivity index (χ1n) is 4.84. The molecule has 6 heteroatoms. The Kier molecular flexibility index (Phi) is 3.80. The van der Waals surface area contributed by atoms with Gasteiger partial charge < -0.3 is 0 Å². The number of halogens is 3. The van der Waals surface area contributed by atoms with Crippen LogP contribution >= 0.6 is 43.5 Å². The summed E-state index contributed by atoms with van der Waals surface area (Å²) in [6.45, 7) is 0. The van der Waals surface area contributed by atoms with Crippen molar-refractivity contribution in [3.63, 3.8) is 0 Å². The van der Waals surface area contributed by atoms with Gasteiger partial charge in [-0.3, -0.25) is 9.48 Å². The summed E-state index contributed by atoms with van der Waals surface area (Å²) in [4.78, 5) is 12.1. The van der Waals surface area contributed by atoms with E-state index in [0.717, 1.165) is 11.4 Å². The van der Waals surface area contributed by atoms with Crippen molar-refractivity contribution in [1.82, 2.24) is 9.36 Å². The summed E-state index contributed by atoms with van der Waals surface area (Å²) in [5.41, 5.74) is 1.54. The van der Waals surface area contributed by atoms with Crippen LogP contribution in [-0.4, -0.2) is 9.36 Å². The van der Waals surface area contributed by atoms with E-state index >= 15 is 0 Å². The number of alkyl halides is 1. The molecule has 3 nitrogen and oxygen atoms in total. The minimum atomic E-state index is -0.0933. The minimum Gasteiger partial charge on any atom is -0.283 e. The summed E-state index contributed by atoms with van der Waals surface area (Å²) in [5, 5.41) is 1.21. The SMILES string of the molecule is Cn1c(CBr)c(Br)c(=O)n1-c1cccc(Cl)c1. The lowest BCUT2D eigenvalue weighted by atomic mass is 10.3. The fraction of sp³-hybridized carbons (Fsp3) is 0.182. The summed E-state index contributed by atoms with van der Waals surface area (Å²) in [7, 11) is 1.84. The molecular formula is C11H9Br2ClN2O. The molecule has 0 bridgehead atoms. The van der Waals surface area contributed by atoms with Gasteiger partial charge in [-0.05, 0) is 34.1 Å². The van der Waals surface area contributed by atoms with Crippen LogP contribution in [0.2, 0.25) is 5.02 Å². The van der Waals surface area contributed by atoms with Gasteiger partial charge in [-0.1, -0.05) is 33.6 Å². The number of nitrogens with zero attached hydrogens (tertiary/aromatic N) is 2. The Hall–Kier alpha value is -0.520. The first-order chi connectivity index (χ1) is 8.06. The van der Waals surface area contributed by atoms with Crippen LogP contribution < -0.4 is 5.56 Å². The van der Waals surface area contributed by atoms with Crippen molar-refractivity contribution in [1.29, 1.82) is 0 Å². The van der Waals surface area contributed by atoms with Crippen molar-refractivity contribution in [2.45, 2.75) is 5.33 Å².